The maximum atomic E-state index is 6.08. The number of fused-ring (bicyclic) bond motifs is 1. The molecule has 4 rings (SSSR count). The van der Waals surface area contributed by atoms with Crippen LogP contribution in [0.25, 0.3) is 11.0 Å². The van der Waals surface area contributed by atoms with Crippen molar-refractivity contribution in [3.05, 3.63) is 84.2 Å². The van der Waals surface area contributed by atoms with Crippen molar-refractivity contribution in [1.29, 1.82) is 0 Å². The molecule has 0 saturated heterocycles. The van der Waals surface area contributed by atoms with Gasteiger partial charge in [0.2, 0.25) is 0 Å². The Kier molecular flexibility index (Phi) is 7.51. The Hall–Kier alpha value is -3.47. The van der Waals surface area contributed by atoms with Gasteiger partial charge in [-0.3, -0.25) is 0 Å². The molecule has 0 aliphatic rings. The van der Waals surface area contributed by atoms with Crippen molar-refractivity contribution in [2.24, 2.45) is 0 Å². The van der Waals surface area contributed by atoms with Crippen molar-refractivity contribution in [1.82, 2.24) is 9.55 Å². The average Bonchev–Trinajstić information content (AvgIpc) is 3.20. The number of benzene rings is 3. The molecule has 3 aromatic carbocycles. The van der Waals surface area contributed by atoms with Gasteiger partial charge in [-0.2, -0.15) is 0 Å². The highest BCUT2D eigenvalue weighted by atomic mass is 16.5. The molecule has 0 N–H and O–H groups in total. The smallest absolute Gasteiger partial charge is 0.147 e. The minimum atomic E-state index is 0.440. The van der Waals surface area contributed by atoms with Crippen molar-refractivity contribution < 1.29 is 14.2 Å². The van der Waals surface area contributed by atoms with E-state index >= 15 is 0 Å². The van der Waals surface area contributed by atoms with Gasteiger partial charge in [0.05, 0.1) is 24.8 Å². The Morgan fingerprint density at radius 2 is 1.61 bits per heavy atom. The SMILES string of the molecule is COc1cccc(OCCCCn2c(COc3ccc(C(C)C)cc3)nc3ccccc32)c1. The Morgan fingerprint density at radius 3 is 2.39 bits per heavy atom. The molecule has 1 aromatic heterocycles. The molecule has 0 fully saturated rings. The van der Waals surface area contributed by atoms with E-state index in [0.717, 1.165) is 53.5 Å². The largest absolute Gasteiger partial charge is 0.497 e. The van der Waals surface area contributed by atoms with Crippen LogP contribution in [0.2, 0.25) is 0 Å². The highest BCUT2D eigenvalue weighted by Crippen LogP contribution is 2.22. The third-order valence-electron chi connectivity index (χ3n) is 5.73. The molecule has 172 valence electrons. The first-order valence-corrected chi connectivity index (χ1v) is 11.6. The van der Waals surface area contributed by atoms with Gasteiger partial charge in [0, 0.05) is 12.6 Å². The predicted octanol–water partition coefficient (Wildman–Crippen LogP) is 6.61. The molecule has 0 unspecified atom stereocenters. The van der Waals surface area contributed by atoms with E-state index in [1.165, 1.54) is 5.56 Å². The second kappa shape index (κ2) is 10.9. The minimum Gasteiger partial charge on any atom is -0.497 e. The van der Waals surface area contributed by atoms with Crippen LogP contribution in [0.5, 0.6) is 17.2 Å². The van der Waals surface area contributed by atoms with E-state index in [9.17, 15) is 0 Å². The quantitative estimate of drug-likeness (QED) is 0.244. The fourth-order valence-electron chi connectivity index (χ4n) is 3.83. The minimum absolute atomic E-state index is 0.440. The molecular formula is C28H32N2O3. The zero-order valence-electron chi connectivity index (χ0n) is 19.7. The Morgan fingerprint density at radius 1 is 0.818 bits per heavy atom. The van der Waals surface area contributed by atoms with Crippen molar-refractivity contribution in [3.8, 4) is 17.2 Å². The Balaban J connectivity index is 1.36. The van der Waals surface area contributed by atoms with E-state index < -0.39 is 0 Å². The molecule has 0 bridgehead atoms. The molecule has 0 radical (unpaired) electrons. The summed E-state index contributed by atoms with van der Waals surface area (Å²) in [4.78, 5) is 4.83. The maximum Gasteiger partial charge on any atom is 0.147 e. The van der Waals surface area contributed by atoms with Crippen LogP contribution in [0.15, 0.2) is 72.8 Å². The van der Waals surface area contributed by atoms with Gasteiger partial charge in [-0.25, -0.2) is 4.98 Å². The number of para-hydroxylation sites is 2. The molecule has 5 nitrogen and oxygen atoms in total. The van der Waals surface area contributed by atoms with Crippen molar-refractivity contribution in [3.63, 3.8) is 0 Å². The van der Waals surface area contributed by atoms with Crippen LogP contribution < -0.4 is 14.2 Å². The number of methoxy groups -OCH3 is 1. The molecule has 0 atom stereocenters. The lowest BCUT2D eigenvalue weighted by atomic mass is 10.0. The molecule has 1 heterocycles. The fraction of sp³-hybridized carbons (Fsp3) is 0.321. The van der Waals surface area contributed by atoms with Crippen LogP contribution in [-0.4, -0.2) is 23.3 Å². The Bertz CT molecular complexity index is 1170. The van der Waals surface area contributed by atoms with Gasteiger partial charge in [-0.1, -0.05) is 44.2 Å². The normalized spacial score (nSPS) is 11.2. The summed E-state index contributed by atoms with van der Waals surface area (Å²) in [5.41, 5.74) is 3.45. The van der Waals surface area contributed by atoms with Gasteiger partial charge >= 0.3 is 0 Å². The fourth-order valence-corrected chi connectivity index (χ4v) is 3.83. The summed E-state index contributed by atoms with van der Waals surface area (Å²) in [5.74, 6) is 3.96. The monoisotopic (exact) mass is 444 g/mol. The van der Waals surface area contributed by atoms with E-state index in [0.29, 0.717) is 19.1 Å². The number of hydrogen-bond acceptors (Lipinski definition) is 4. The number of rotatable bonds is 11. The zero-order chi connectivity index (χ0) is 23.0. The number of imidazole rings is 1. The molecule has 4 aromatic rings. The molecule has 0 aliphatic carbocycles. The highest BCUT2D eigenvalue weighted by Gasteiger charge is 2.11. The number of unbranched alkanes of at least 4 members (excludes halogenated alkanes) is 1. The maximum absolute atomic E-state index is 6.08. The number of ether oxygens (including phenoxy) is 3. The van der Waals surface area contributed by atoms with Crippen LogP contribution in [0.3, 0.4) is 0 Å². The summed E-state index contributed by atoms with van der Waals surface area (Å²) >= 11 is 0. The van der Waals surface area contributed by atoms with E-state index in [-0.39, 0.29) is 0 Å². The topological polar surface area (TPSA) is 45.5 Å². The lowest BCUT2D eigenvalue weighted by Gasteiger charge is -2.12. The molecule has 5 heteroatoms. The number of aromatic nitrogens is 2. The van der Waals surface area contributed by atoms with E-state index in [1.807, 2.05) is 42.5 Å². The lowest BCUT2D eigenvalue weighted by molar-refractivity contribution is 0.284. The second-order valence-corrected chi connectivity index (χ2v) is 8.42. The van der Waals surface area contributed by atoms with E-state index in [2.05, 4.69) is 48.7 Å². The molecule has 0 spiro atoms. The van der Waals surface area contributed by atoms with Gasteiger partial charge in [0.1, 0.15) is 29.7 Å². The Labute approximate surface area is 195 Å². The lowest BCUT2D eigenvalue weighted by Crippen LogP contribution is -2.09. The van der Waals surface area contributed by atoms with Crippen LogP contribution in [0.4, 0.5) is 0 Å². The van der Waals surface area contributed by atoms with Crippen LogP contribution in [0, 0.1) is 0 Å². The van der Waals surface area contributed by atoms with Crippen LogP contribution in [0.1, 0.15) is 44.0 Å². The summed E-state index contributed by atoms with van der Waals surface area (Å²) < 4.78 is 19.5. The molecule has 33 heavy (non-hydrogen) atoms. The van der Waals surface area contributed by atoms with Crippen molar-refractivity contribution in [2.45, 2.75) is 45.8 Å². The summed E-state index contributed by atoms with van der Waals surface area (Å²) in [6, 6.07) is 24.3. The third-order valence-corrected chi connectivity index (χ3v) is 5.73. The van der Waals surface area contributed by atoms with Crippen LogP contribution in [-0.2, 0) is 13.2 Å². The van der Waals surface area contributed by atoms with E-state index in [4.69, 9.17) is 19.2 Å². The summed E-state index contributed by atoms with van der Waals surface area (Å²) in [7, 11) is 1.66. The van der Waals surface area contributed by atoms with Crippen LogP contribution >= 0.6 is 0 Å². The second-order valence-electron chi connectivity index (χ2n) is 8.42. The number of nitrogens with zero attached hydrogens (tertiary/aromatic N) is 2. The summed E-state index contributed by atoms with van der Waals surface area (Å²) in [6.45, 7) is 6.36. The van der Waals surface area contributed by atoms with Gasteiger partial charge in [0.25, 0.3) is 0 Å². The molecule has 0 amide bonds. The molecule has 0 saturated carbocycles. The number of hydrogen-bond donors (Lipinski definition) is 0. The zero-order valence-corrected chi connectivity index (χ0v) is 19.7. The average molecular weight is 445 g/mol. The van der Waals surface area contributed by atoms with Crippen molar-refractivity contribution >= 4 is 11.0 Å². The van der Waals surface area contributed by atoms with E-state index in [1.54, 1.807) is 7.11 Å². The van der Waals surface area contributed by atoms with Crippen molar-refractivity contribution in [2.75, 3.05) is 13.7 Å². The van der Waals surface area contributed by atoms with Gasteiger partial charge < -0.3 is 18.8 Å². The molecular weight excluding hydrogens is 412 g/mol. The third kappa shape index (κ3) is 5.86. The number of aryl methyl sites for hydroxylation is 1. The standard InChI is InChI=1S/C28H32N2O3/c1-21(2)22-13-15-23(16-14-22)33-20-28-29-26-11-4-5-12-27(26)30(28)17-6-7-18-32-25-10-8-9-24(19-25)31-3/h4-5,8-16,19,21H,6-7,17-18,20H2,1-3H3. The molecule has 0 aliphatic heterocycles. The first kappa shape index (κ1) is 22.7. The summed E-state index contributed by atoms with van der Waals surface area (Å²) in [5, 5.41) is 0. The highest BCUT2D eigenvalue weighted by molar-refractivity contribution is 5.75. The first-order chi connectivity index (χ1) is 16.1. The van der Waals surface area contributed by atoms with Gasteiger partial charge in [0.15, 0.2) is 0 Å². The predicted molar refractivity (Wildman–Crippen MR) is 132 cm³/mol. The van der Waals surface area contributed by atoms with Gasteiger partial charge in [-0.05, 0) is 60.7 Å². The van der Waals surface area contributed by atoms with Gasteiger partial charge in [-0.15, -0.1) is 0 Å². The summed E-state index contributed by atoms with van der Waals surface area (Å²) in [6.07, 6.45) is 1.93. The first-order valence-electron chi connectivity index (χ1n) is 11.6.